The third-order valence-corrected chi connectivity index (χ3v) is 4.74. The molecule has 0 radical (unpaired) electrons. The summed E-state index contributed by atoms with van der Waals surface area (Å²) in [5.41, 5.74) is 5.94. The maximum absolute atomic E-state index is 13.7. The second kappa shape index (κ2) is 5.15. The van der Waals surface area contributed by atoms with Crippen LogP contribution in [0.3, 0.4) is 0 Å². The summed E-state index contributed by atoms with van der Waals surface area (Å²) in [5.74, 6) is -0.812. The van der Waals surface area contributed by atoms with Gasteiger partial charge < -0.3 is 0 Å². The first-order valence-corrected chi connectivity index (χ1v) is 8.62. The number of fused-ring (bicyclic) bond motifs is 1. The molecule has 0 fully saturated rings. The Bertz CT molecular complexity index is 622. The van der Waals surface area contributed by atoms with Gasteiger partial charge in [-0.1, -0.05) is 0 Å². The molecule has 0 saturated carbocycles. The Kier molecular flexibility index (Phi) is 3.89. The Morgan fingerprint density at radius 3 is 2.47 bits per heavy atom. The van der Waals surface area contributed by atoms with Crippen LogP contribution in [0, 0.1) is 9.39 Å². The standard InChI is InChI=1S/C13H11F4IN/c1-18-11-5-8(19)4-7-2-3-10(14)9(12(7)11)6-13(15,16)17/h2-5H,6,19H2,1H3/q-1. The van der Waals surface area contributed by atoms with Gasteiger partial charge >= 0.3 is 118 Å². The van der Waals surface area contributed by atoms with Crippen molar-refractivity contribution >= 4 is 16.5 Å². The number of nitrogen functional groups attached to an aromatic ring is 1. The van der Waals surface area contributed by atoms with Gasteiger partial charge in [0.1, 0.15) is 0 Å². The van der Waals surface area contributed by atoms with E-state index in [0.29, 0.717) is 16.5 Å². The van der Waals surface area contributed by atoms with Crippen molar-refractivity contribution in [3.63, 3.8) is 0 Å². The molecule has 0 aromatic heterocycles. The van der Waals surface area contributed by atoms with Crippen LogP contribution in [0.5, 0.6) is 0 Å². The molecule has 0 amide bonds. The zero-order chi connectivity index (χ0) is 14.2. The van der Waals surface area contributed by atoms with E-state index in [1.54, 1.807) is 12.1 Å². The van der Waals surface area contributed by atoms with Crippen molar-refractivity contribution < 1.29 is 38.8 Å². The fourth-order valence-electron chi connectivity index (χ4n) is 2.00. The summed E-state index contributed by atoms with van der Waals surface area (Å²) in [6.07, 6.45) is -5.68. The van der Waals surface area contributed by atoms with E-state index in [-0.39, 0.29) is 5.56 Å². The van der Waals surface area contributed by atoms with E-state index in [9.17, 15) is 17.6 Å². The molecule has 0 bridgehead atoms. The van der Waals surface area contributed by atoms with Crippen LogP contribution in [-0.4, -0.2) is 11.1 Å². The molecule has 0 aliphatic carbocycles. The Labute approximate surface area is 118 Å². The summed E-state index contributed by atoms with van der Waals surface area (Å²) in [5, 5.41) is 0.944. The van der Waals surface area contributed by atoms with Gasteiger partial charge in [-0.15, -0.1) is 0 Å². The molecule has 19 heavy (non-hydrogen) atoms. The molecule has 0 spiro atoms. The number of hydrogen-bond donors (Lipinski definition) is 1. The number of anilines is 1. The van der Waals surface area contributed by atoms with Gasteiger partial charge in [-0.05, 0) is 0 Å². The van der Waals surface area contributed by atoms with Crippen molar-refractivity contribution in [1.29, 1.82) is 0 Å². The third kappa shape index (κ3) is 3.10. The Hall–Kier alpha value is -1.05. The van der Waals surface area contributed by atoms with Gasteiger partial charge in [-0.3, -0.25) is 0 Å². The number of rotatable bonds is 2. The van der Waals surface area contributed by atoms with Crippen LogP contribution in [0.15, 0.2) is 24.3 Å². The summed E-state index contributed by atoms with van der Waals surface area (Å²) in [6.45, 7) is 0. The Balaban J connectivity index is 2.77. The minimum atomic E-state index is -4.43. The van der Waals surface area contributed by atoms with E-state index in [4.69, 9.17) is 5.73 Å². The molecule has 0 aliphatic heterocycles. The number of halogens is 5. The topological polar surface area (TPSA) is 26.0 Å². The van der Waals surface area contributed by atoms with Gasteiger partial charge in [0.05, 0.1) is 0 Å². The molecule has 2 N–H and O–H groups in total. The first-order valence-electron chi connectivity index (χ1n) is 5.38. The number of hydrogen-bond acceptors (Lipinski definition) is 1. The zero-order valence-electron chi connectivity index (χ0n) is 9.98. The molecular weight excluding hydrogens is 373 g/mol. The SMILES string of the molecule is C[I-]c1cc(N)cc2ccc(F)c(CC(F)(F)F)c12. The molecule has 0 atom stereocenters. The average molecular weight is 384 g/mol. The number of alkyl halides is 4. The summed E-state index contributed by atoms with van der Waals surface area (Å²) in [4.78, 5) is 1.91. The van der Waals surface area contributed by atoms with E-state index < -0.39 is 39.6 Å². The normalized spacial score (nSPS) is 12.3. The summed E-state index contributed by atoms with van der Waals surface area (Å²) in [6, 6.07) is 5.77. The average Bonchev–Trinajstić information content (AvgIpc) is 2.30. The maximum atomic E-state index is 13.7. The van der Waals surface area contributed by atoms with Crippen molar-refractivity contribution in [1.82, 2.24) is 0 Å². The van der Waals surface area contributed by atoms with Crippen LogP contribution < -0.4 is 26.9 Å². The molecule has 0 aliphatic rings. The molecular formula is C13H11F4IN-. The second-order valence-corrected chi connectivity index (χ2v) is 6.35. The van der Waals surface area contributed by atoms with Crippen LogP contribution >= 0.6 is 0 Å². The Morgan fingerprint density at radius 2 is 1.89 bits per heavy atom. The third-order valence-electron chi connectivity index (χ3n) is 2.72. The van der Waals surface area contributed by atoms with Crippen LogP contribution in [0.25, 0.3) is 10.8 Å². The molecule has 1 nitrogen and oxygen atoms in total. The summed E-state index contributed by atoms with van der Waals surface area (Å²) in [7, 11) is 0. The van der Waals surface area contributed by atoms with Gasteiger partial charge in [-0.2, -0.15) is 0 Å². The van der Waals surface area contributed by atoms with E-state index in [1.807, 2.05) is 4.93 Å². The minimum absolute atomic E-state index is 0.276. The number of nitrogens with two attached hydrogens (primary N) is 1. The molecule has 2 aromatic carbocycles. The molecule has 6 heteroatoms. The summed E-state index contributed by atoms with van der Waals surface area (Å²) >= 11 is -0.496. The van der Waals surface area contributed by atoms with Crippen LogP contribution in [-0.2, 0) is 6.42 Å². The summed E-state index contributed by atoms with van der Waals surface area (Å²) < 4.78 is 52.2. The van der Waals surface area contributed by atoms with Crippen molar-refractivity contribution in [3.05, 3.63) is 39.2 Å². The zero-order valence-corrected chi connectivity index (χ0v) is 12.1. The monoisotopic (exact) mass is 384 g/mol. The molecule has 104 valence electrons. The second-order valence-electron chi connectivity index (χ2n) is 4.11. The molecule has 0 saturated heterocycles. The van der Waals surface area contributed by atoms with Crippen molar-refractivity contribution in [2.75, 3.05) is 10.7 Å². The predicted molar refractivity (Wildman–Crippen MR) is 62.7 cm³/mol. The van der Waals surface area contributed by atoms with Crippen molar-refractivity contribution in [2.45, 2.75) is 12.6 Å². The molecule has 2 aromatic rings. The Morgan fingerprint density at radius 1 is 1.21 bits per heavy atom. The molecule has 0 heterocycles. The van der Waals surface area contributed by atoms with Gasteiger partial charge in [0.15, 0.2) is 0 Å². The van der Waals surface area contributed by atoms with Crippen LogP contribution in [0.4, 0.5) is 23.2 Å². The van der Waals surface area contributed by atoms with Crippen LogP contribution in [0.2, 0.25) is 0 Å². The van der Waals surface area contributed by atoms with Gasteiger partial charge in [0.2, 0.25) is 0 Å². The molecule has 0 unspecified atom stereocenters. The van der Waals surface area contributed by atoms with Crippen LogP contribution in [0.1, 0.15) is 5.56 Å². The predicted octanol–water partition coefficient (Wildman–Crippen LogP) is 0.554. The molecule has 2 rings (SSSR count). The first kappa shape index (κ1) is 14.4. The van der Waals surface area contributed by atoms with Gasteiger partial charge in [0, 0.05) is 0 Å². The quantitative estimate of drug-likeness (QED) is 0.348. The van der Waals surface area contributed by atoms with Gasteiger partial charge in [0.25, 0.3) is 0 Å². The van der Waals surface area contributed by atoms with E-state index in [0.717, 1.165) is 9.64 Å². The van der Waals surface area contributed by atoms with E-state index >= 15 is 0 Å². The fraction of sp³-hybridized carbons (Fsp3) is 0.231. The van der Waals surface area contributed by atoms with E-state index in [1.165, 1.54) is 6.07 Å². The van der Waals surface area contributed by atoms with Crippen molar-refractivity contribution in [2.24, 2.45) is 0 Å². The number of benzene rings is 2. The first-order chi connectivity index (χ1) is 8.81. The van der Waals surface area contributed by atoms with Gasteiger partial charge in [-0.25, -0.2) is 0 Å². The fourth-order valence-corrected chi connectivity index (χ4v) is 3.85. The van der Waals surface area contributed by atoms with Crippen molar-refractivity contribution in [3.8, 4) is 0 Å². The van der Waals surface area contributed by atoms with E-state index in [2.05, 4.69) is 0 Å².